The number of benzene rings is 1. The molecule has 0 saturated heterocycles. The fraction of sp³-hybridized carbons (Fsp3) is 0.579. The minimum atomic E-state index is -0.661. The van der Waals surface area contributed by atoms with Gasteiger partial charge in [-0.3, -0.25) is 4.79 Å². The number of amides is 3. The van der Waals surface area contributed by atoms with E-state index in [1.54, 1.807) is 6.07 Å². The maximum Gasteiger partial charge on any atom is 0.319 e. The predicted molar refractivity (Wildman–Crippen MR) is 102 cm³/mol. The molecule has 1 aromatic rings. The molecule has 0 heterocycles. The molecule has 0 saturated carbocycles. The first kappa shape index (κ1) is 21.8. The monoisotopic (exact) mass is 365 g/mol. The van der Waals surface area contributed by atoms with Crippen molar-refractivity contribution in [3.63, 3.8) is 0 Å². The number of carbonyl (C=O) groups is 2. The first-order valence-corrected chi connectivity index (χ1v) is 8.96. The third-order valence-electron chi connectivity index (χ3n) is 3.54. The van der Waals surface area contributed by atoms with Crippen LogP contribution in [0.15, 0.2) is 18.2 Å². The number of ether oxygens (including phenoxy) is 1. The van der Waals surface area contributed by atoms with E-state index in [1.807, 2.05) is 46.8 Å². The number of rotatable bonds is 9. The van der Waals surface area contributed by atoms with Gasteiger partial charge in [0.05, 0.1) is 12.7 Å². The molecule has 4 N–H and O–H groups in total. The van der Waals surface area contributed by atoms with Gasteiger partial charge in [-0.2, -0.15) is 0 Å². The van der Waals surface area contributed by atoms with Crippen LogP contribution in [0.25, 0.3) is 0 Å². The summed E-state index contributed by atoms with van der Waals surface area (Å²) in [5, 5.41) is 16.9. The molecular formula is C19H31N3O4. The molecule has 0 spiro atoms. The third kappa shape index (κ3) is 7.74. The van der Waals surface area contributed by atoms with Crippen molar-refractivity contribution in [3.05, 3.63) is 23.8 Å². The zero-order chi connectivity index (χ0) is 19.7. The Morgan fingerprint density at radius 2 is 1.88 bits per heavy atom. The molecule has 7 nitrogen and oxygen atoms in total. The van der Waals surface area contributed by atoms with Crippen molar-refractivity contribution < 1.29 is 19.4 Å². The van der Waals surface area contributed by atoms with E-state index < -0.39 is 12.1 Å². The number of aliphatic hydroxyl groups excluding tert-OH is 1. The summed E-state index contributed by atoms with van der Waals surface area (Å²) in [5.74, 6) is 0.696. The lowest BCUT2D eigenvalue weighted by Crippen LogP contribution is -2.49. The molecule has 0 unspecified atom stereocenters. The van der Waals surface area contributed by atoms with Gasteiger partial charge in [0.25, 0.3) is 0 Å². The molecular weight excluding hydrogens is 334 g/mol. The highest BCUT2D eigenvalue weighted by molar-refractivity contribution is 5.93. The summed E-state index contributed by atoms with van der Waals surface area (Å²) in [6.07, 6.45) is 0.579. The van der Waals surface area contributed by atoms with Crippen LogP contribution >= 0.6 is 0 Å². The van der Waals surface area contributed by atoms with Gasteiger partial charge >= 0.3 is 6.03 Å². The van der Waals surface area contributed by atoms with Crippen LogP contribution < -0.4 is 20.7 Å². The fourth-order valence-corrected chi connectivity index (χ4v) is 2.44. The zero-order valence-electron chi connectivity index (χ0n) is 16.3. The Labute approximate surface area is 155 Å². The predicted octanol–water partition coefficient (Wildman–Crippen LogP) is 2.43. The van der Waals surface area contributed by atoms with E-state index in [0.29, 0.717) is 12.1 Å². The van der Waals surface area contributed by atoms with Crippen LogP contribution in [0.1, 0.15) is 39.7 Å². The molecule has 0 radical (unpaired) electrons. The van der Waals surface area contributed by atoms with Gasteiger partial charge < -0.3 is 25.8 Å². The van der Waals surface area contributed by atoms with Crippen molar-refractivity contribution in [2.24, 2.45) is 5.92 Å². The first-order chi connectivity index (χ1) is 12.2. The molecule has 1 rings (SSSR count). The lowest BCUT2D eigenvalue weighted by Gasteiger charge is -2.20. The van der Waals surface area contributed by atoms with Crippen molar-refractivity contribution >= 4 is 17.6 Å². The molecule has 0 aliphatic heterocycles. The van der Waals surface area contributed by atoms with Crippen LogP contribution in [0.3, 0.4) is 0 Å². The summed E-state index contributed by atoms with van der Waals surface area (Å²) in [6.45, 7) is 9.78. The van der Waals surface area contributed by atoms with Crippen LogP contribution in [-0.2, 0) is 4.79 Å². The van der Waals surface area contributed by atoms with Gasteiger partial charge in [-0.15, -0.1) is 0 Å². The van der Waals surface area contributed by atoms with Gasteiger partial charge in [-0.25, -0.2) is 4.79 Å². The summed E-state index contributed by atoms with van der Waals surface area (Å²) < 4.78 is 5.68. The minimum absolute atomic E-state index is 0.0741. The van der Waals surface area contributed by atoms with Crippen LogP contribution in [0, 0.1) is 12.8 Å². The topological polar surface area (TPSA) is 99.7 Å². The summed E-state index contributed by atoms with van der Waals surface area (Å²) in [5.41, 5.74) is 1.53. The van der Waals surface area contributed by atoms with Gasteiger partial charge in [0.1, 0.15) is 11.8 Å². The van der Waals surface area contributed by atoms with E-state index in [1.165, 1.54) is 0 Å². The van der Waals surface area contributed by atoms with E-state index >= 15 is 0 Å². The molecule has 0 aliphatic rings. The second-order valence-electron chi connectivity index (χ2n) is 6.94. The van der Waals surface area contributed by atoms with Crippen molar-refractivity contribution in [3.8, 4) is 5.75 Å². The Balaban J connectivity index is 2.72. The highest BCUT2D eigenvalue weighted by atomic mass is 16.5. The number of hydrogen-bond donors (Lipinski definition) is 4. The van der Waals surface area contributed by atoms with E-state index in [-0.39, 0.29) is 31.1 Å². The number of aliphatic hydroxyl groups is 1. The first-order valence-electron chi connectivity index (χ1n) is 8.96. The summed E-state index contributed by atoms with van der Waals surface area (Å²) >= 11 is 0. The molecule has 1 atom stereocenters. The summed E-state index contributed by atoms with van der Waals surface area (Å²) in [7, 11) is 0. The second kappa shape index (κ2) is 10.7. The Hall–Kier alpha value is -2.28. The number of hydrogen-bond acceptors (Lipinski definition) is 4. The van der Waals surface area contributed by atoms with Crippen LogP contribution in [0.4, 0.5) is 10.5 Å². The van der Waals surface area contributed by atoms with Crippen molar-refractivity contribution in [1.82, 2.24) is 10.6 Å². The van der Waals surface area contributed by atoms with E-state index in [4.69, 9.17) is 9.84 Å². The van der Waals surface area contributed by atoms with Gasteiger partial charge in [-0.1, -0.05) is 13.8 Å². The van der Waals surface area contributed by atoms with Crippen molar-refractivity contribution in [2.75, 3.05) is 18.5 Å². The Bertz CT molecular complexity index is 602. The number of carbonyl (C=O) groups excluding carboxylic acids is 2. The number of nitrogens with one attached hydrogen (secondary N) is 3. The molecule has 7 heteroatoms. The number of urea groups is 1. The standard InChI is InChI=1S/C19H31N3O4/c1-12(2)10-16(18(24)20-8-9-23)22-19(25)21-15-6-7-17(14(5)11-15)26-13(3)4/h6-7,11-13,16,23H,8-10H2,1-5H3,(H,20,24)(H2,21,22,25)/t16-/m0/s1. The zero-order valence-corrected chi connectivity index (χ0v) is 16.3. The molecule has 26 heavy (non-hydrogen) atoms. The van der Waals surface area contributed by atoms with Crippen LogP contribution in [-0.4, -0.2) is 42.3 Å². The Morgan fingerprint density at radius 3 is 2.42 bits per heavy atom. The maximum absolute atomic E-state index is 12.3. The summed E-state index contributed by atoms with van der Waals surface area (Å²) in [4.78, 5) is 24.4. The molecule has 146 valence electrons. The van der Waals surface area contributed by atoms with E-state index in [0.717, 1.165) is 11.3 Å². The number of aryl methyl sites for hydroxylation is 1. The normalized spacial score (nSPS) is 12.0. The maximum atomic E-state index is 12.3. The van der Waals surface area contributed by atoms with Gasteiger partial charge in [-0.05, 0) is 56.9 Å². The highest BCUT2D eigenvalue weighted by Crippen LogP contribution is 2.23. The SMILES string of the molecule is Cc1cc(NC(=O)N[C@@H](CC(C)C)C(=O)NCCO)ccc1OC(C)C. The fourth-order valence-electron chi connectivity index (χ4n) is 2.44. The highest BCUT2D eigenvalue weighted by Gasteiger charge is 2.21. The van der Waals surface area contributed by atoms with Crippen LogP contribution in [0.5, 0.6) is 5.75 Å². The average molecular weight is 365 g/mol. The lowest BCUT2D eigenvalue weighted by atomic mass is 10.0. The molecule has 3 amide bonds. The van der Waals surface area contributed by atoms with Gasteiger partial charge in [0.2, 0.25) is 5.91 Å². The van der Waals surface area contributed by atoms with Crippen molar-refractivity contribution in [2.45, 2.75) is 53.2 Å². The minimum Gasteiger partial charge on any atom is -0.491 e. The van der Waals surface area contributed by atoms with Crippen molar-refractivity contribution in [1.29, 1.82) is 0 Å². The Morgan fingerprint density at radius 1 is 1.19 bits per heavy atom. The smallest absolute Gasteiger partial charge is 0.319 e. The summed E-state index contributed by atoms with van der Waals surface area (Å²) in [6, 6.07) is 4.27. The Kier molecular flexibility index (Phi) is 8.92. The molecule has 0 aliphatic carbocycles. The van der Waals surface area contributed by atoms with E-state index in [2.05, 4.69) is 16.0 Å². The van der Waals surface area contributed by atoms with Gasteiger partial charge in [0, 0.05) is 12.2 Å². The average Bonchev–Trinajstić information content (AvgIpc) is 2.53. The molecule has 0 bridgehead atoms. The lowest BCUT2D eigenvalue weighted by molar-refractivity contribution is -0.123. The van der Waals surface area contributed by atoms with Gasteiger partial charge in [0.15, 0.2) is 0 Å². The largest absolute Gasteiger partial charge is 0.491 e. The third-order valence-corrected chi connectivity index (χ3v) is 3.54. The van der Waals surface area contributed by atoms with Crippen LogP contribution in [0.2, 0.25) is 0 Å². The second-order valence-corrected chi connectivity index (χ2v) is 6.94. The molecule has 0 fully saturated rings. The molecule has 1 aromatic carbocycles. The molecule has 0 aromatic heterocycles. The quantitative estimate of drug-likeness (QED) is 0.540. The van der Waals surface area contributed by atoms with E-state index in [9.17, 15) is 9.59 Å². The number of anilines is 1.